The first-order valence-corrected chi connectivity index (χ1v) is 7.22. The average molecular weight is 288 g/mol. The Hall–Kier alpha value is -1.97. The topological polar surface area (TPSA) is 32.8 Å². The van der Waals surface area contributed by atoms with Gasteiger partial charge in [-0.3, -0.25) is 4.90 Å². The molecule has 1 aromatic carbocycles. The van der Waals surface area contributed by atoms with E-state index in [0.717, 1.165) is 12.2 Å². The molecule has 0 atom stereocenters. The quantitative estimate of drug-likeness (QED) is 0.797. The molecular weight excluding hydrogens is 264 g/mol. The molecule has 0 aromatic heterocycles. The number of carbonyl (C=O) groups is 1. The largest absolute Gasteiger partial charge is 0.444 e. The van der Waals surface area contributed by atoms with Gasteiger partial charge in [-0.15, -0.1) is 6.58 Å². The zero-order valence-corrected chi connectivity index (χ0v) is 13.3. The van der Waals surface area contributed by atoms with Crippen LogP contribution in [0, 0.1) is 0 Å². The second-order valence-corrected chi connectivity index (χ2v) is 6.42. The molecule has 21 heavy (non-hydrogen) atoms. The van der Waals surface area contributed by atoms with Crippen LogP contribution in [-0.4, -0.2) is 30.2 Å². The summed E-state index contributed by atoms with van der Waals surface area (Å²) in [7, 11) is 2.04. The van der Waals surface area contributed by atoms with E-state index in [1.54, 1.807) is 4.90 Å². The number of rotatable bonds is 3. The van der Waals surface area contributed by atoms with E-state index in [9.17, 15) is 4.79 Å². The molecule has 0 saturated heterocycles. The normalized spacial score (nSPS) is 13.8. The van der Waals surface area contributed by atoms with Crippen LogP contribution < -0.4 is 4.90 Å². The number of anilines is 1. The highest BCUT2D eigenvalue weighted by Gasteiger charge is 2.29. The van der Waals surface area contributed by atoms with Gasteiger partial charge in [0.15, 0.2) is 0 Å². The van der Waals surface area contributed by atoms with Gasteiger partial charge in [0, 0.05) is 25.8 Å². The molecular formula is C17H24N2O2. The molecule has 0 radical (unpaired) electrons. The number of hydrogen-bond donors (Lipinski definition) is 0. The number of nitrogens with zero attached hydrogens (tertiary/aromatic N) is 2. The maximum atomic E-state index is 12.2. The lowest BCUT2D eigenvalue weighted by atomic mass is 10.1. The van der Waals surface area contributed by atoms with Gasteiger partial charge in [-0.05, 0) is 38.0 Å². The number of likely N-dealkylation sites (N-methyl/N-ethyl adjacent to an activating group) is 1. The third-order valence-corrected chi connectivity index (χ3v) is 3.42. The highest BCUT2D eigenvalue weighted by Crippen LogP contribution is 2.32. The molecule has 2 rings (SSSR count). The molecule has 0 unspecified atom stereocenters. The Labute approximate surface area is 127 Å². The number of ether oxygens (including phenoxy) is 1. The molecule has 1 aliphatic rings. The number of hydrogen-bond acceptors (Lipinski definition) is 3. The SMILES string of the molecule is C=CCN(C)c1cccc2c1CN(C(=O)OC(C)(C)C)C2. The van der Waals surface area contributed by atoms with Crippen molar-refractivity contribution in [3.8, 4) is 0 Å². The molecule has 0 aliphatic carbocycles. The first-order valence-electron chi connectivity index (χ1n) is 7.22. The third-order valence-electron chi connectivity index (χ3n) is 3.42. The number of fused-ring (bicyclic) bond motifs is 1. The molecule has 1 amide bonds. The van der Waals surface area contributed by atoms with E-state index in [4.69, 9.17) is 4.74 Å². The van der Waals surface area contributed by atoms with Crippen LogP contribution in [0.25, 0.3) is 0 Å². The fourth-order valence-corrected chi connectivity index (χ4v) is 2.51. The monoisotopic (exact) mass is 288 g/mol. The van der Waals surface area contributed by atoms with Crippen LogP contribution in [0.5, 0.6) is 0 Å². The molecule has 1 aromatic rings. The Morgan fingerprint density at radius 1 is 1.43 bits per heavy atom. The van der Waals surface area contributed by atoms with Crippen molar-refractivity contribution in [2.75, 3.05) is 18.5 Å². The Kier molecular flexibility index (Phi) is 4.26. The summed E-state index contributed by atoms with van der Waals surface area (Å²) in [6, 6.07) is 6.19. The predicted octanol–water partition coefficient (Wildman–Crippen LogP) is 3.56. The second-order valence-electron chi connectivity index (χ2n) is 6.42. The molecule has 0 spiro atoms. The van der Waals surface area contributed by atoms with Crippen LogP contribution in [0.15, 0.2) is 30.9 Å². The van der Waals surface area contributed by atoms with Gasteiger partial charge in [-0.25, -0.2) is 4.79 Å². The molecule has 0 bridgehead atoms. The number of benzene rings is 1. The van der Waals surface area contributed by atoms with Crippen molar-refractivity contribution in [1.29, 1.82) is 0 Å². The minimum absolute atomic E-state index is 0.254. The van der Waals surface area contributed by atoms with Gasteiger partial charge >= 0.3 is 6.09 Å². The smallest absolute Gasteiger partial charge is 0.410 e. The van der Waals surface area contributed by atoms with Gasteiger partial charge in [-0.1, -0.05) is 18.2 Å². The third kappa shape index (κ3) is 3.57. The molecule has 0 N–H and O–H groups in total. The first-order chi connectivity index (χ1) is 9.81. The minimum Gasteiger partial charge on any atom is -0.444 e. The van der Waals surface area contributed by atoms with Gasteiger partial charge in [0.25, 0.3) is 0 Å². The summed E-state index contributed by atoms with van der Waals surface area (Å²) in [6.45, 7) is 11.4. The number of carbonyl (C=O) groups excluding carboxylic acids is 1. The summed E-state index contributed by atoms with van der Waals surface area (Å²) >= 11 is 0. The summed E-state index contributed by atoms with van der Waals surface area (Å²) < 4.78 is 5.46. The lowest BCUT2D eigenvalue weighted by Crippen LogP contribution is -2.33. The fraction of sp³-hybridized carbons (Fsp3) is 0.471. The summed E-state index contributed by atoms with van der Waals surface area (Å²) in [5, 5.41) is 0. The van der Waals surface area contributed by atoms with Crippen molar-refractivity contribution in [3.63, 3.8) is 0 Å². The van der Waals surface area contributed by atoms with Crippen LogP contribution in [0.1, 0.15) is 31.9 Å². The molecule has 1 aliphatic heterocycles. The van der Waals surface area contributed by atoms with E-state index in [0.29, 0.717) is 13.1 Å². The number of amides is 1. The van der Waals surface area contributed by atoms with E-state index >= 15 is 0 Å². The lowest BCUT2D eigenvalue weighted by Gasteiger charge is -2.24. The minimum atomic E-state index is -0.464. The van der Waals surface area contributed by atoms with Crippen LogP contribution in [-0.2, 0) is 17.8 Å². The standard InChI is InChI=1S/C17H24N2O2/c1-6-10-18(5)15-9-7-8-13-11-19(12-14(13)15)16(20)21-17(2,3)4/h6-9H,1,10-12H2,2-5H3. The molecule has 0 saturated carbocycles. The first kappa shape index (κ1) is 15.4. The van der Waals surface area contributed by atoms with Crippen LogP contribution in [0.2, 0.25) is 0 Å². The second kappa shape index (κ2) is 5.80. The maximum Gasteiger partial charge on any atom is 0.410 e. The molecule has 114 valence electrons. The van der Waals surface area contributed by atoms with Gasteiger partial charge in [0.05, 0.1) is 6.54 Å². The van der Waals surface area contributed by atoms with Gasteiger partial charge < -0.3 is 9.64 Å². The summed E-state index contributed by atoms with van der Waals surface area (Å²) in [4.78, 5) is 16.1. The van der Waals surface area contributed by atoms with Crippen molar-refractivity contribution in [2.45, 2.75) is 39.5 Å². The van der Waals surface area contributed by atoms with Crippen LogP contribution in [0.4, 0.5) is 10.5 Å². The van der Waals surface area contributed by atoms with E-state index in [1.165, 1.54) is 11.1 Å². The highest BCUT2D eigenvalue weighted by atomic mass is 16.6. The lowest BCUT2D eigenvalue weighted by molar-refractivity contribution is 0.0242. The summed E-state index contributed by atoms with van der Waals surface area (Å²) in [5.41, 5.74) is 3.08. The van der Waals surface area contributed by atoms with Gasteiger partial charge in [0.1, 0.15) is 5.60 Å². The van der Waals surface area contributed by atoms with Crippen molar-refractivity contribution in [1.82, 2.24) is 4.90 Å². The zero-order valence-electron chi connectivity index (χ0n) is 13.3. The van der Waals surface area contributed by atoms with Crippen molar-refractivity contribution in [2.24, 2.45) is 0 Å². The zero-order chi connectivity index (χ0) is 15.6. The van der Waals surface area contributed by atoms with Crippen molar-refractivity contribution >= 4 is 11.8 Å². The Morgan fingerprint density at radius 2 is 2.14 bits per heavy atom. The van der Waals surface area contributed by atoms with Crippen molar-refractivity contribution in [3.05, 3.63) is 42.0 Å². The van der Waals surface area contributed by atoms with Crippen molar-refractivity contribution < 1.29 is 9.53 Å². The van der Waals surface area contributed by atoms with E-state index in [1.807, 2.05) is 40.0 Å². The van der Waals surface area contributed by atoms with E-state index in [2.05, 4.69) is 23.6 Å². The Morgan fingerprint density at radius 3 is 2.76 bits per heavy atom. The molecule has 0 fully saturated rings. The molecule has 1 heterocycles. The maximum absolute atomic E-state index is 12.2. The highest BCUT2D eigenvalue weighted by molar-refractivity contribution is 5.71. The van der Waals surface area contributed by atoms with E-state index in [-0.39, 0.29) is 6.09 Å². The predicted molar refractivity (Wildman–Crippen MR) is 85.4 cm³/mol. The molecule has 4 nitrogen and oxygen atoms in total. The summed E-state index contributed by atoms with van der Waals surface area (Å²) in [6.07, 6.45) is 1.62. The molecule has 4 heteroatoms. The average Bonchev–Trinajstić information content (AvgIpc) is 2.80. The Balaban J connectivity index is 2.17. The summed E-state index contributed by atoms with van der Waals surface area (Å²) in [5.74, 6) is 0. The van der Waals surface area contributed by atoms with Gasteiger partial charge in [-0.2, -0.15) is 0 Å². The van der Waals surface area contributed by atoms with Crippen LogP contribution >= 0.6 is 0 Å². The fourth-order valence-electron chi connectivity index (χ4n) is 2.51. The van der Waals surface area contributed by atoms with Gasteiger partial charge in [0.2, 0.25) is 0 Å². The van der Waals surface area contributed by atoms with E-state index < -0.39 is 5.60 Å². The van der Waals surface area contributed by atoms with Crippen LogP contribution in [0.3, 0.4) is 0 Å². The Bertz CT molecular complexity index is 546.